The average Bonchev–Trinajstić information content (AvgIpc) is 2.16. The van der Waals surface area contributed by atoms with Gasteiger partial charge >= 0.3 is 17.3 Å². The van der Waals surface area contributed by atoms with Crippen LogP contribution in [0.3, 0.4) is 0 Å². The monoisotopic (exact) mass is 216 g/mol. The Morgan fingerprint density at radius 1 is 1.50 bits per heavy atom. The fraction of sp³-hybridized carbons (Fsp3) is 0.125. The zero-order valence-corrected chi connectivity index (χ0v) is 8.11. The van der Waals surface area contributed by atoms with Gasteiger partial charge in [-0.3, -0.25) is 4.55 Å². The van der Waals surface area contributed by atoms with Gasteiger partial charge in [-0.05, 0) is 18.2 Å². The summed E-state index contributed by atoms with van der Waals surface area (Å²) in [5.41, 5.74) is 0.260. The molecule has 1 aromatic rings. The number of hydrogen-bond acceptors (Lipinski definition) is 4. The lowest BCUT2D eigenvalue weighted by Crippen LogP contribution is -2.02. The summed E-state index contributed by atoms with van der Waals surface area (Å²) in [6, 6.07) is 5.81. The Labute approximate surface area is 83.1 Å². The molecular formula is C8H8O5S. The lowest BCUT2D eigenvalue weighted by Gasteiger charge is -2.02. The third-order valence-corrected chi connectivity index (χ3v) is 1.76. The molecule has 1 aromatic carbocycles. The third-order valence-electron chi connectivity index (χ3n) is 1.42. The van der Waals surface area contributed by atoms with Gasteiger partial charge in [0.25, 0.3) is 0 Å². The Hall–Kier alpha value is -1.40. The summed E-state index contributed by atoms with van der Waals surface area (Å²) in [6.45, 7) is 0. The van der Waals surface area contributed by atoms with Gasteiger partial charge in [0.15, 0.2) is 0 Å². The molecule has 0 saturated heterocycles. The molecular weight excluding hydrogens is 208 g/mol. The van der Waals surface area contributed by atoms with Crippen molar-refractivity contribution in [3.05, 3.63) is 29.8 Å². The Balaban J connectivity index is 2.89. The van der Waals surface area contributed by atoms with Gasteiger partial charge in [-0.25, -0.2) is 4.79 Å². The van der Waals surface area contributed by atoms with Crippen molar-refractivity contribution in [1.82, 2.24) is 0 Å². The molecule has 76 valence electrons. The van der Waals surface area contributed by atoms with E-state index in [0.29, 0.717) is 0 Å². The molecule has 0 saturated carbocycles. The van der Waals surface area contributed by atoms with Gasteiger partial charge in [0, 0.05) is 0 Å². The number of carbonyl (C=O) groups is 1. The van der Waals surface area contributed by atoms with Gasteiger partial charge in [0.1, 0.15) is 5.75 Å². The molecule has 1 rings (SSSR count). The predicted molar refractivity (Wildman–Crippen MR) is 49.2 cm³/mol. The maximum absolute atomic E-state index is 11.0. The average molecular weight is 216 g/mol. The lowest BCUT2D eigenvalue weighted by molar-refractivity contribution is 0.0600. The number of methoxy groups -OCH3 is 1. The van der Waals surface area contributed by atoms with Crippen molar-refractivity contribution >= 4 is 17.3 Å². The molecule has 0 amide bonds. The van der Waals surface area contributed by atoms with Crippen molar-refractivity contribution in [2.45, 2.75) is 0 Å². The van der Waals surface area contributed by atoms with E-state index in [-0.39, 0.29) is 11.3 Å². The van der Waals surface area contributed by atoms with E-state index in [1.54, 1.807) is 0 Å². The maximum atomic E-state index is 11.0. The van der Waals surface area contributed by atoms with Gasteiger partial charge < -0.3 is 8.92 Å². The van der Waals surface area contributed by atoms with Crippen LogP contribution in [0.15, 0.2) is 24.3 Å². The summed E-state index contributed by atoms with van der Waals surface area (Å²) in [5, 5.41) is 0. The molecule has 0 heterocycles. The van der Waals surface area contributed by atoms with Crippen LogP contribution in [0.25, 0.3) is 0 Å². The van der Waals surface area contributed by atoms with Crippen LogP contribution in [0.4, 0.5) is 0 Å². The normalized spacial score (nSPS) is 11.9. The van der Waals surface area contributed by atoms with E-state index in [9.17, 15) is 9.00 Å². The zero-order valence-electron chi connectivity index (χ0n) is 7.30. The van der Waals surface area contributed by atoms with Crippen LogP contribution < -0.4 is 4.18 Å². The molecule has 1 unspecified atom stereocenters. The van der Waals surface area contributed by atoms with Crippen LogP contribution in [0.5, 0.6) is 5.75 Å². The van der Waals surface area contributed by atoms with Crippen molar-refractivity contribution in [3.8, 4) is 5.75 Å². The topological polar surface area (TPSA) is 72.8 Å². The smallest absolute Gasteiger partial charge is 0.357 e. The molecule has 0 aliphatic rings. The first-order valence-corrected chi connectivity index (χ1v) is 4.64. The number of benzene rings is 1. The number of ether oxygens (including phenoxy) is 1. The molecule has 0 aliphatic heterocycles. The number of hydrogen-bond donors (Lipinski definition) is 1. The molecule has 6 heteroatoms. The Morgan fingerprint density at radius 3 is 2.79 bits per heavy atom. The van der Waals surface area contributed by atoms with Crippen molar-refractivity contribution in [2.75, 3.05) is 7.11 Å². The highest BCUT2D eigenvalue weighted by atomic mass is 32.2. The SMILES string of the molecule is COC(=O)c1cccc(OS(=O)O)c1. The summed E-state index contributed by atoms with van der Waals surface area (Å²) in [4.78, 5) is 11.0. The summed E-state index contributed by atoms with van der Waals surface area (Å²) >= 11 is -2.39. The van der Waals surface area contributed by atoms with Crippen molar-refractivity contribution in [1.29, 1.82) is 0 Å². The van der Waals surface area contributed by atoms with Gasteiger partial charge in [-0.2, -0.15) is 4.21 Å². The highest BCUT2D eigenvalue weighted by Crippen LogP contribution is 2.14. The molecule has 0 bridgehead atoms. The second-order valence-electron chi connectivity index (χ2n) is 2.32. The minimum atomic E-state index is -2.39. The van der Waals surface area contributed by atoms with Crippen LogP contribution in [-0.2, 0) is 16.1 Å². The van der Waals surface area contributed by atoms with Crippen molar-refractivity contribution in [3.63, 3.8) is 0 Å². The van der Waals surface area contributed by atoms with E-state index < -0.39 is 17.3 Å². The van der Waals surface area contributed by atoms with Crippen molar-refractivity contribution in [2.24, 2.45) is 0 Å². The van der Waals surface area contributed by atoms with Crippen LogP contribution in [-0.4, -0.2) is 21.8 Å². The van der Waals surface area contributed by atoms with Crippen LogP contribution in [0.1, 0.15) is 10.4 Å². The number of carbonyl (C=O) groups excluding carboxylic acids is 1. The second kappa shape index (κ2) is 4.73. The Bertz CT molecular complexity index is 363. The fourth-order valence-corrected chi connectivity index (χ4v) is 1.14. The van der Waals surface area contributed by atoms with E-state index in [2.05, 4.69) is 8.92 Å². The molecule has 0 spiro atoms. The summed E-state index contributed by atoms with van der Waals surface area (Å²) in [7, 11) is 1.25. The zero-order chi connectivity index (χ0) is 10.6. The summed E-state index contributed by atoms with van der Waals surface area (Å²) in [6.07, 6.45) is 0. The number of esters is 1. The van der Waals surface area contributed by atoms with E-state index in [4.69, 9.17) is 4.55 Å². The largest absolute Gasteiger partial charge is 0.465 e. The molecule has 1 atom stereocenters. The Morgan fingerprint density at radius 2 is 2.21 bits per heavy atom. The molecule has 1 N–H and O–H groups in total. The Kier molecular flexibility index (Phi) is 3.61. The van der Waals surface area contributed by atoms with E-state index in [0.717, 1.165) is 0 Å². The highest BCUT2D eigenvalue weighted by molar-refractivity contribution is 7.74. The molecule has 5 nitrogen and oxygen atoms in total. The quantitative estimate of drug-likeness (QED) is 0.602. The van der Waals surface area contributed by atoms with E-state index in [1.807, 2.05) is 0 Å². The minimum absolute atomic E-state index is 0.133. The van der Waals surface area contributed by atoms with Gasteiger partial charge in [0.2, 0.25) is 0 Å². The molecule has 0 radical (unpaired) electrons. The van der Waals surface area contributed by atoms with Gasteiger partial charge in [0.05, 0.1) is 12.7 Å². The van der Waals surface area contributed by atoms with Crippen LogP contribution in [0, 0.1) is 0 Å². The fourth-order valence-electron chi connectivity index (χ4n) is 0.875. The second-order valence-corrected chi connectivity index (χ2v) is 2.92. The third kappa shape index (κ3) is 2.82. The number of rotatable bonds is 3. The highest BCUT2D eigenvalue weighted by Gasteiger charge is 2.07. The summed E-state index contributed by atoms with van der Waals surface area (Å²) in [5.74, 6) is -0.395. The van der Waals surface area contributed by atoms with Gasteiger partial charge in [-0.15, -0.1) is 0 Å². The lowest BCUT2D eigenvalue weighted by atomic mass is 10.2. The van der Waals surface area contributed by atoms with E-state index >= 15 is 0 Å². The minimum Gasteiger partial charge on any atom is -0.465 e. The summed E-state index contributed by atoms with van der Waals surface area (Å²) < 4.78 is 27.7. The first kappa shape index (κ1) is 10.7. The predicted octanol–water partition coefficient (Wildman–Crippen LogP) is 0.989. The van der Waals surface area contributed by atoms with Crippen LogP contribution in [0.2, 0.25) is 0 Å². The first-order valence-electron chi connectivity index (χ1n) is 3.61. The molecule has 0 aliphatic carbocycles. The van der Waals surface area contributed by atoms with E-state index in [1.165, 1.54) is 31.4 Å². The first-order chi connectivity index (χ1) is 6.63. The van der Waals surface area contributed by atoms with Crippen LogP contribution >= 0.6 is 0 Å². The van der Waals surface area contributed by atoms with Gasteiger partial charge in [-0.1, -0.05) is 6.07 Å². The van der Waals surface area contributed by atoms with Crippen molar-refractivity contribution < 1.29 is 22.5 Å². The maximum Gasteiger partial charge on any atom is 0.357 e. The molecule has 0 fully saturated rings. The standard InChI is InChI=1S/C8H8O5S/c1-12-8(9)6-3-2-4-7(5-6)13-14(10)11/h2-5H,1H3,(H,10,11). The molecule has 0 aromatic heterocycles. The molecule has 14 heavy (non-hydrogen) atoms.